The van der Waals surface area contributed by atoms with E-state index in [-0.39, 0.29) is 35.7 Å². The number of methoxy groups -OCH3 is 1. The van der Waals surface area contributed by atoms with Gasteiger partial charge in [0.15, 0.2) is 11.4 Å². The van der Waals surface area contributed by atoms with Crippen LogP contribution in [-0.2, 0) is 19.1 Å². The van der Waals surface area contributed by atoms with Crippen molar-refractivity contribution in [3.05, 3.63) is 11.6 Å². The molecule has 0 bridgehead atoms. The van der Waals surface area contributed by atoms with Crippen molar-refractivity contribution >= 4 is 11.8 Å². The number of allylic oxidation sites excluding steroid dienone is 1. The van der Waals surface area contributed by atoms with Crippen molar-refractivity contribution in [3.8, 4) is 0 Å². The highest BCUT2D eigenvalue weighted by Crippen LogP contribution is 2.68. The van der Waals surface area contributed by atoms with Crippen LogP contribution in [0, 0.1) is 28.6 Å². The molecule has 6 nitrogen and oxygen atoms in total. The zero-order chi connectivity index (χ0) is 20.3. The molecule has 6 heteroatoms. The van der Waals surface area contributed by atoms with Crippen LogP contribution >= 0.6 is 0 Å². The van der Waals surface area contributed by atoms with Gasteiger partial charge in [-0.1, -0.05) is 19.4 Å². The summed E-state index contributed by atoms with van der Waals surface area (Å²) in [5, 5.41) is 21.5. The van der Waals surface area contributed by atoms with Gasteiger partial charge in [0.25, 0.3) is 0 Å². The summed E-state index contributed by atoms with van der Waals surface area (Å²) in [7, 11) is 1.50. The second kappa shape index (κ2) is 6.64. The van der Waals surface area contributed by atoms with Crippen LogP contribution in [0.25, 0.3) is 0 Å². The van der Waals surface area contributed by atoms with Crippen molar-refractivity contribution in [2.75, 3.05) is 13.9 Å². The van der Waals surface area contributed by atoms with Crippen molar-refractivity contribution < 1.29 is 29.3 Å². The molecule has 0 aromatic carbocycles. The molecule has 4 aliphatic carbocycles. The lowest BCUT2D eigenvalue weighted by molar-refractivity contribution is -0.226. The van der Waals surface area contributed by atoms with Crippen LogP contribution in [0.4, 0.5) is 0 Å². The topological polar surface area (TPSA) is 93.1 Å². The van der Waals surface area contributed by atoms with Gasteiger partial charge >= 0.3 is 5.97 Å². The third-order valence-corrected chi connectivity index (χ3v) is 8.79. The van der Waals surface area contributed by atoms with E-state index in [0.29, 0.717) is 19.3 Å². The maximum atomic E-state index is 12.4. The van der Waals surface area contributed by atoms with Gasteiger partial charge in [0.2, 0.25) is 0 Å². The fourth-order valence-electron chi connectivity index (χ4n) is 7.48. The fourth-order valence-corrected chi connectivity index (χ4v) is 7.48. The fraction of sp³-hybridized carbons (Fsp3) is 0.818. The number of rotatable bonds is 4. The third kappa shape index (κ3) is 2.50. The minimum absolute atomic E-state index is 0.0640. The molecule has 2 unspecified atom stereocenters. The normalized spacial score (nSPS) is 47.7. The van der Waals surface area contributed by atoms with E-state index >= 15 is 0 Å². The molecule has 3 saturated carbocycles. The Balaban J connectivity index is 1.72. The van der Waals surface area contributed by atoms with E-state index < -0.39 is 23.1 Å². The van der Waals surface area contributed by atoms with Gasteiger partial charge in [-0.05, 0) is 67.8 Å². The summed E-state index contributed by atoms with van der Waals surface area (Å²) in [6.45, 7) is 4.13. The Morgan fingerprint density at radius 1 is 1.25 bits per heavy atom. The summed E-state index contributed by atoms with van der Waals surface area (Å²) < 4.78 is 10.9. The second-order valence-corrected chi connectivity index (χ2v) is 9.80. The number of carboxylic acids is 1. The minimum atomic E-state index is -1.32. The molecule has 28 heavy (non-hydrogen) atoms. The molecular weight excluding hydrogens is 360 g/mol. The highest BCUT2D eigenvalue weighted by Gasteiger charge is 2.70. The van der Waals surface area contributed by atoms with Gasteiger partial charge in [-0.25, -0.2) is 4.79 Å². The highest BCUT2D eigenvalue weighted by molar-refractivity contribution is 5.91. The zero-order valence-electron chi connectivity index (χ0n) is 17.1. The van der Waals surface area contributed by atoms with Crippen molar-refractivity contribution in [1.82, 2.24) is 0 Å². The number of ether oxygens (including phenoxy) is 2. The largest absolute Gasteiger partial charge is 0.479 e. The summed E-state index contributed by atoms with van der Waals surface area (Å²) in [4.78, 5) is 24.3. The summed E-state index contributed by atoms with van der Waals surface area (Å²) in [6, 6.07) is 0. The molecule has 0 spiro atoms. The molecule has 4 rings (SSSR count). The number of ketones is 1. The Morgan fingerprint density at radius 2 is 2.00 bits per heavy atom. The lowest BCUT2D eigenvalue weighted by atomic mass is 9.45. The molecule has 4 aliphatic rings. The van der Waals surface area contributed by atoms with Gasteiger partial charge in [0.05, 0.1) is 6.10 Å². The van der Waals surface area contributed by atoms with Crippen molar-refractivity contribution in [2.24, 2.45) is 28.6 Å². The molecule has 7 atom stereocenters. The quantitative estimate of drug-likeness (QED) is 0.715. The lowest BCUT2D eigenvalue weighted by Crippen LogP contribution is -2.62. The van der Waals surface area contributed by atoms with E-state index in [1.165, 1.54) is 12.7 Å². The average Bonchev–Trinajstić information content (AvgIpc) is 2.93. The van der Waals surface area contributed by atoms with Gasteiger partial charge in [-0.3, -0.25) is 4.79 Å². The number of carbonyl (C=O) groups excluding carboxylic acids is 1. The number of aliphatic hydroxyl groups excluding tert-OH is 1. The molecule has 2 N–H and O–H groups in total. The van der Waals surface area contributed by atoms with Crippen LogP contribution in [0.2, 0.25) is 0 Å². The maximum absolute atomic E-state index is 12.4. The first-order valence-electron chi connectivity index (χ1n) is 10.5. The molecule has 3 fully saturated rings. The standard InChI is InChI=1S/C22H32O6/c1-20-8-6-14(23)10-13(20)4-5-15-16-7-9-22(19(25)26,28-12-27-3)21(16,2)11-17(24)18(15)20/h10,15-18,24H,4-9,11-12H2,1-3H3,(H,25,26)/t15-,16-,17?,18-,20-,21-,22?/m0/s1. The van der Waals surface area contributed by atoms with E-state index in [2.05, 4.69) is 6.92 Å². The van der Waals surface area contributed by atoms with E-state index in [9.17, 15) is 19.8 Å². The van der Waals surface area contributed by atoms with Gasteiger partial charge in [0.1, 0.15) is 6.79 Å². The molecule has 156 valence electrons. The molecule has 0 aromatic heterocycles. The monoisotopic (exact) mass is 392 g/mol. The molecule has 0 aromatic rings. The Labute approximate surface area is 166 Å². The summed E-state index contributed by atoms with van der Waals surface area (Å²) >= 11 is 0. The number of carbonyl (C=O) groups is 2. The molecule has 0 heterocycles. The van der Waals surface area contributed by atoms with E-state index in [0.717, 1.165) is 25.7 Å². The predicted molar refractivity (Wildman–Crippen MR) is 101 cm³/mol. The Hall–Kier alpha value is -1.24. The predicted octanol–water partition coefficient (Wildman–Crippen LogP) is 2.93. The second-order valence-electron chi connectivity index (χ2n) is 9.80. The van der Waals surface area contributed by atoms with Gasteiger partial charge < -0.3 is 19.7 Å². The van der Waals surface area contributed by atoms with Gasteiger partial charge in [-0.2, -0.15) is 0 Å². The molecule has 0 aliphatic heterocycles. The Morgan fingerprint density at radius 3 is 2.68 bits per heavy atom. The van der Waals surface area contributed by atoms with Crippen LogP contribution in [0.5, 0.6) is 0 Å². The first-order valence-corrected chi connectivity index (χ1v) is 10.5. The molecule has 0 amide bonds. The van der Waals surface area contributed by atoms with Crippen LogP contribution < -0.4 is 0 Å². The first-order chi connectivity index (χ1) is 13.2. The maximum Gasteiger partial charge on any atom is 0.336 e. The lowest BCUT2D eigenvalue weighted by Gasteiger charge is -2.60. The van der Waals surface area contributed by atoms with Gasteiger partial charge in [0, 0.05) is 18.9 Å². The summed E-state index contributed by atoms with van der Waals surface area (Å²) in [5.41, 5.74) is -0.940. The summed E-state index contributed by atoms with van der Waals surface area (Å²) in [5.74, 6) is -0.252. The van der Waals surface area contributed by atoms with Crippen molar-refractivity contribution in [2.45, 2.75) is 70.5 Å². The number of hydrogen-bond donors (Lipinski definition) is 2. The Bertz CT molecular complexity index is 716. The zero-order valence-corrected chi connectivity index (χ0v) is 17.1. The van der Waals surface area contributed by atoms with Crippen LogP contribution in [0.1, 0.15) is 58.8 Å². The number of aliphatic hydroxyl groups is 1. The number of hydrogen-bond acceptors (Lipinski definition) is 5. The smallest absolute Gasteiger partial charge is 0.336 e. The minimum Gasteiger partial charge on any atom is -0.479 e. The van der Waals surface area contributed by atoms with E-state index in [1.807, 2.05) is 13.0 Å². The third-order valence-electron chi connectivity index (χ3n) is 8.79. The van der Waals surface area contributed by atoms with E-state index in [4.69, 9.17) is 9.47 Å². The van der Waals surface area contributed by atoms with Crippen molar-refractivity contribution in [3.63, 3.8) is 0 Å². The number of aliphatic carboxylic acids is 1. The average molecular weight is 392 g/mol. The highest BCUT2D eigenvalue weighted by atomic mass is 16.7. The van der Waals surface area contributed by atoms with E-state index in [1.54, 1.807) is 0 Å². The summed E-state index contributed by atoms with van der Waals surface area (Å²) in [6.07, 6.45) is 5.94. The van der Waals surface area contributed by atoms with Crippen LogP contribution in [-0.4, -0.2) is 47.6 Å². The van der Waals surface area contributed by atoms with Crippen LogP contribution in [0.3, 0.4) is 0 Å². The first kappa shape index (κ1) is 20.0. The molecular formula is C22H32O6. The number of fused-ring (bicyclic) bond motifs is 5. The number of carboxylic acid groups (broad SMARTS) is 1. The van der Waals surface area contributed by atoms with Crippen molar-refractivity contribution in [1.29, 1.82) is 0 Å². The molecule has 0 radical (unpaired) electrons. The SMILES string of the molecule is COCOC1(C(=O)O)CC[C@H]2[C@@H]3CCC4=CC(=O)CC[C@]4(C)[C@@H]3C(O)C[C@@]21C. The van der Waals surface area contributed by atoms with Crippen LogP contribution in [0.15, 0.2) is 11.6 Å². The molecule has 0 saturated heterocycles. The Kier molecular flexibility index (Phi) is 4.76. The van der Waals surface area contributed by atoms with Gasteiger partial charge in [-0.15, -0.1) is 0 Å².